The Hall–Kier alpha value is -6.54. The summed E-state index contributed by atoms with van der Waals surface area (Å²) in [6, 6.07) is 13.8. The predicted octanol–water partition coefficient (Wildman–Crippen LogP) is 2.59. The maximum atomic E-state index is 14.6. The topological polar surface area (TPSA) is 284 Å². The number of hydrogen-bond donors (Lipinski definition) is 8. The number of carbonyl (C=O) groups excluding carboxylic acids is 6. The number of hydrogen-bond acceptors (Lipinski definition) is 11. The second-order valence-corrected chi connectivity index (χ2v) is 18.9. The van der Waals surface area contributed by atoms with Gasteiger partial charge in [-0.1, -0.05) is 54.4 Å². The molecule has 4 aromatic carbocycles. The van der Waals surface area contributed by atoms with Crippen LogP contribution in [0, 0.1) is 0 Å². The van der Waals surface area contributed by atoms with E-state index >= 15 is 0 Å². The molecule has 356 valence electrons. The number of benzene rings is 4. The Morgan fingerprint density at radius 1 is 0.896 bits per heavy atom. The van der Waals surface area contributed by atoms with E-state index in [-0.39, 0.29) is 59.0 Å². The Kier molecular flexibility index (Phi) is 15.9. The number of nitrogens with one attached hydrogen (secondary N) is 4. The molecule has 4 bridgehead atoms. The van der Waals surface area contributed by atoms with Crippen molar-refractivity contribution in [2.75, 3.05) is 20.1 Å². The fourth-order valence-electron chi connectivity index (χ4n) is 8.29. The third-order valence-electron chi connectivity index (χ3n) is 12.0. The molecule has 10 N–H and O–H groups in total. The highest BCUT2D eigenvalue weighted by molar-refractivity contribution is 7.89. The molecule has 6 atom stereocenters. The summed E-state index contributed by atoms with van der Waals surface area (Å²) in [4.78, 5) is 84.6. The number of amides is 6. The molecule has 0 aliphatic carbocycles. The summed E-state index contributed by atoms with van der Waals surface area (Å²) in [6.07, 6.45) is 1.54. The van der Waals surface area contributed by atoms with E-state index in [2.05, 4.69) is 20.7 Å². The standard InChI is InChI=1S/C47H55ClN8O10S/c1-26-43(60)53-37(44(61)52-27(2)46(63)56-22-6-8-38(56)42(50)59)24-28-9-19-39(57)34(23-28)35-25-31(14-20-40(35)58)41(45(62)51-26)55(3)47(64)36(7-4-5-21-49)54-67(65,66)33-17-12-30(13-18-33)29-10-15-32(48)16-11-29/h9-20,23,25-27,36-38,41,54,57-58H,4-8,21-22,24,49H2,1-3H3,(H2,50,59)(H,51,62)(H,52,61)(H,53,60)/t26-,27-,36-,37-,38-,41-/m0/s1. The molecule has 6 amide bonds. The van der Waals surface area contributed by atoms with E-state index in [1.807, 2.05) is 0 Å². The van der Waals surface area contributed by atoms with E-state index in [0.717, 1.165) is 16.0 Å². The predicted molar refractivity (Wildman–Crippen MR) is 249 cm³/mol. The van der Waals surface area contributed by atoms with E-state index < -0.39 is 81.7 Å². The van der Waals surface area contributed by atoms with Crippen molar-refractivity contribution in [3.05, 3.63) is 101 Å². The van der Waals surface area contributed by atoms with Crippen LogP contribution in [0.2, 0.25) is 5.02 Å². The number of nitrogens with two attached hydrogens (primary N) is 2. The molecule has 4 aromatic rings. The van der Waals surface area contributed by atoms with Crippen LogP contribution >= 0.6 is 11.6 Å². The van der Waals surface area contributed by atoms with Crippen LogP contribution < -0.4 is 32.1 Å². The molecule has 0 spiro atoms. The summed E-state index contributed by atoms with van der Waals surface area (Å²) in [5.74, 6) is -5.12. The molecule has 1 fully saturated rings. The Bertz CT molecular complexity index is 2630. The smallest absolute Gasteiger partial charge is 0.248 e. The Labute approximate surface area is 393 Å². The van der Waals surface area contributed by atoms with E-state index in [4.69, 9.17) is 23.1 Å². The van der Waals surface area contributed by atoms with Crippen LogP contribution in [0.25, 0.3) is 22.3 Å². The average Bonchev–Trinajstić information content (AvgIpc) is 3.80. The minimum Gasteiger partial charge on any atom is -0.507 e. The Balaban J connectivity index is 1.31. The molecule has 18 nitrogen and oxygen atoms in total. The lowest BCUT2D eigenvalue weighted by Crippen LogP contribution is -2.58. The normalized spacial score (nSPS) is 19.6. The van der Waals surface area contributed by atoms with Gasteiger partial charge in [-0.05, 0) is 117 Å². The van der Waals surface area contributed by atoms with Crippen molar-refractivity contribution in [3.8, 4) is 33.8 Å². The van der Waals surface area contributed by atoms with Crippen LogP contribution in [-0.2, 0) is 45.2 Å². The number of carbonyl (C=O) groups is 6. The van der Waals surface area contributed by atoms with Crippen LogP contribution in [0.3, 0.4) is 0 Å². The number of nitrogens with zero attached hydrogens (tertiary/aromatic N) is 2. The minimum atomic E-state index is -4.35. The fraction of sp³-hybridized carbons (Fsp3) is 0.362. The van der Waals surface area contributed by atoms with Crippen LogP contribution in [0.4, 0.5) is 0 Å². The summed E-state index contributed by atoms with van der Waals surface area (Å²) in [5.41, 5.74) is 13.5. The maximum Gasteiger partial charge on any atom is 0.248 e. The lowest BCUT2D eigenvalue weighted by molar-refractivity contribution is -0.141. The molecule has 67 heavy (non-hydrogen) atoms. The third-order valence-corrected chi connectivity index (χ3v) is 13.7. The van der Waals surface area contributed by atoms with Crippen molar-refractivity contribution in [3.63, 3.8) is 0 Å². The first-order chi connectivity index (χ1) is 31.8. The molecule has 6 rings (SSSR count). The summed E-state index contributed by atoms with van der Waals surface area (Å²) in [5, 5.41) is 30.7. The van der Waals surface area contributed by atoms with Crippen molar-refractivity contribution >= 4 is 57.1 Å². The number of phenols is 2. The number of fused-ring (bicyclic) bond motifs is 5. The largest absolute Gasteiger partial charge is 0.507 e. The number of aromatic hydroxyl groups is 2. The van der Waals surface area contributed by atoms with Crippen molar-refractivity contribution < 1.29 is 47.4 Å². The molecule has 0 saturated carbocycles. The molecule has 20 heteroatoms. The van der Waals surface area contributed by atoms with Gasteiger partial charge in [0, 0.05) is 36.2 Å². The van der Waals surface area contributed by atoms with Gasteiger partial charge < -0.3 is 47.4 Å². The van der Waals surface area contributed by atoms with Crippen LogP contribution in [0.15, 0.2) is 89.8 Å². The van der Waals surface area contributed by atoms with Gasteiger partial charge in [0.25, 0.3) is 0 Å². The zero-order valence-electron chi connectivity index (χ0n) is 37.2. The molecule has 1 saturated heterocycles. The lowest BCUT2D eigenvalue weighted by Gasteiger charge is -2.32. The molecule has 2 aliphatic heterocycles. The quantitative estimate of drug-likeness (QED) is 0.0851. The summed E-state index contributed by atoms with van der Waals surface area (Å²) in [6.45, 7) is 3.33. The first-order valence-corrected chi connectivity index (χ1v) is 23.7. The van der Waals surface area contributed by atoms with E-state index in [1.165, 1.54) is 74.3 Å². The monoisotopic (exact) mass is 958 g/mol. The zero-order valence-corrected chi connectivity index (χ0v) is 38.8. The lowest BCUT2D eigenvalue weighted by atomic mass is 9.93. The van der Waals surface area contributed by atoms with Gasteiger partial charge in [0.15, 0.2) is 0 Å². The van der Waals surface area contributed by atoms with Gasteiger partial charge in [0.1, 0.15) is 47.8 Å². The van der Waals surface area contributed by atoms with Gasteiger partial charge in [-0.3, -0.25) is 28.8 Å². The van der Waals surface area contributed by atoms with E-state index in [1.54, 1.807) is 36.4 Å². The highest BCUT2D eigenvalue weighted by Crippen LogP contribution is 2.39. The first-order valence-electron chi connectivity index (χ1n) is 21.8. The minimum absolute atomic E-state index is 0.00543. The SMILES string of the molecule is C[C@@H]1NC(=O)[C@@H](N(C)C(=O)[C@H](CCCCN)NS(=O)(=O)c2ccc(-c3ccc(Cl)cc3)cc2)c2ccc(O)c(c2)-c2cc(ccc2O)C[C@@H](C(=O)N[C@@H](C)C(=O)N2CCC[C@H]2C(N)=O)NC1=O. The van der Waals surface area contributed by atoms with Crippen molar-refractivity contribution in [1.29, 1.82) is 0 Å². The molecule has 2 heterocycles. The highest BCUT2D eigenvalue weighted by Gasteiger charge is 2.38. The second kappa shape index (κ2) is 21.4. The Morgan fingerprint density at radius 3 is 2.16 bits per heavy atom. The van der Waals surface area contributed by atoms with Gasteiger partial charge >= 0.3 is 0 Å². The number of rotatable bonds is 14. The van der Waals surface area contributed by atoms with Crippen LogP contribution in [0.1, 0.15) is 63.1 Å². The number of primary amides is 1. The zero-order chi connectivity index (χ0) is 48.7. The van der Waals surface area contributed by atoms with Gasteiger partial charge in [0.05, 0.1) is 4.90 Å². The van der Waals surface area contributed by atoms with Gasteiger partial charge in [-0.25, -0.2) is 8.42 Å². The van der Waals surface area contributed by atoms with Crippen LogP contribution in [-0.4, -0.2) is 114 Å². The third kappa shape index (κ3) is 11.7. The number of likely N-dealkylation sites (N-methyl/N-ethyl adjacent to an activating group) is 1. The molecular weight excluding hydrogens is 904 g/mol. The molecular formula is C47H55ClN8O10S. The van der Waals surface area contributed by atoms with Gasteiger partial charge in [-0.2, -0.15) is 4.72 Å². The van der Waals surface area contributed by atoms with E-state index in [9.17, 15) is 47.4 Å². The fourth-order valence-corrected chi connectivity index (χ4v) is 9.64. The van der Waals surface area contributed by atoms with Gasteiger partial charge in [0.2, 0.25) is 45.5 Å². The number of sulfonamides is 1. The Morgan fingerprint density at radius 2 is 1.52 bits per heavy atom. The summed E-state index contributed by atoms with van der Waals surface area (Å²) >= 11 is 6.03. The van der Waals surface area contributed by atoms with Gasteiger partial charge in [-0.15, -0.1) is 0 Å². The first kappa shape index (κ1) is 49.9. The number of likely N-dealkylation sites (tertiary alicyclic amines) is 1. The van der Waals surface area contributed by atoms with Crippen molar-refractivity contribution in [1.82, 2.24) is 30.5 Å². The van der Waals surface area contributed by atoms with Crippen molar-refractivity contribution in [2.45, 2.75) is 93.5 Å². The summed E-state index contributed by atoms with van der Waals surface area (Å²) in [7, 11) is -3.05. The molecule has 2 aliphatic rings. The number of halogens is 1. The summed E-state index contributed by atoms with van der Waals surface area (Å²) < 4.78 is 30.4. The molecule has 0 radical (unpaired) electrons. The number of phenolic OH excluding ortho intramolecular Hbond substituents is 2. The highest BCUT2D eigenvalue weighted by atomic mass is 35.5. The molecule has 0 aromatic heterocycles. The maximum absolute atomic E-state index is 14.6. The molecule has 0 unspecified atom stereocenters. The second-order valence-electron chi connectivity index (χ2n) is 16.8. The van der Waals surface area contributed by atoms with Crippen molar-refractivity contribution in [2.24, 2.45) is 11.5 Å². The average molecular weight is 960 g/mol. The number of unbranched alkanes of at least 4 members (excludes halogenated alkanes) is 1. The van der Waals surface area contributed by atoms with Crippen LogP contribution in [0.5, 0.6) is 11.5 Å². The van der Waals surface area contributed by atoms with E-state index in [0.29, 0.717) is 36.3 Å².